The van der Waals surface area contributed by atoms with E-state index in [0.29, 0.717) is 41.9 Å². The van der Waals surface area contributed by atoms with Gasteiger partial charge in [0.15, 0.2) is 5.75 Å². The molecule has 1 aliphatic rings. The molecular weight excluding hydrogens is 544 g/mol. The van der Waals surface area contributed by atoms with E-state index >= 15 is 0 Å². The van der Waals surface area contributed by atoms with Gasteiger partial charge in [0.1, 0.15) is 11.5 Å². The number of carbonyl (C=O) groups excluding carboxylic acids is 1. The van der Waals surface area contributed by atoms with Gasteiger partial charge in [-0.15, -0.1) is 0 Å². The summed E-state index contributed by atoms with van der Waals surface area (Å²) >= 11 is 0. The summed E-state index contributed by atoms with van der Waals surface area (Å²) in [7, 11) is -2.17. The minimum atomic E-state index is -3.59. The van der Waals surface area contributed by atoms with Crippen molar-refractivity contribution in [3.05, 3.63) is 71.0 Å². The molecule has 3 N–H and O–H groups in total. The highest BCUT2D eigenvalue weighted by molar-refractivity contribution is 7.92. The van der Waals surface area contributed by atoms with Gasteiger partial charge in [0, 0.05) is 37.0 Å². The molecule has 2 aromatic carbocycles. The average molecular weight is 583 g/mol. The third-order valence-corrected chi connectivity index (χ3v) is 7.26. The van der Waals surface area contributed by atoms with Crippen molar-refractivity contribution in [1.82, 2.24) is 10.3 Å². The first-order valence-electron chi connectivity index (χ1n) is 13.4. The van der Waals surface area contributed by atoms with Crippen molar-refractivity contribution in [3.8, 4) is 17.2 Å². The van der Waals surface area contributed by atoms with Crippen LogP contribution in [0.3, 0.4) is 0 Å². The van der Waals surface area contributed by atoms with Crippen LogP contribution in [-0.4, -0.2) is 51.9 Å². The Bertz CT molecular complexity index is 1510. The summed E-state index contributed by atoms with van der Waals surface area (Å²) in [6.45, 7) is 9.96. The van der Waals surface area contributed by atoms with E-state index in [1.165, 1.54) is 7.11 Å². The van der Waals surface area contributed by atoms with Gasteiger partial charge in [-0.2, -0.15) is 0 Å². The Morgan fingerprint density at radius 1 is 1.12 bits per heavy atom. The van der Waals surface area contributed by atoms with E-state index in [9.17, 15) is 13.2 Å². The SMILES string of the molecule is COc1c(NC(=O)c2ccc(C)c(Oc3ccnc(CN[C@H]4CCOC4)c3)c2)cc(C(C)(C)C)cc1NS(C)(=O)=O. The first-order valence-corrected chi connectivity index (χ1v) is 15.3. The highest BCUT2D eigenvalue weighted by atomic mass is 32.2. The van der Waals surface area contributed by atoms with Gasteiger partial charge in [-0.3, -0.25) is 14.5 Å². The Hall–Kier alpha value is -3.67. The number of nitrogens with zero attached hydrogens (tertiary/aromatic N) is 1. The van der Waals surface area contributed by atoms with Gasteiger partial charge in [0.2, 0.25) is 10.0 Å². The number of pyridine rings is 1. The fourth-order valence-corrected chi connectivity index (χ4v) is 4.93. The lowest BCUT2D eigenvalue weighted by Gasteiger charge is -2.24. The van der Waals surface area contributed by atoms with E-state index in [-0.39, 0.29) is 16.9 Å². The minimum absolute atomic E-state index is 0.211. The molecule has 1 amide bonds. The molecule has 3 aromatic rings. The zero-order valence-corrected chi connectivity index (χ0v) is 25.1. The Morgan fingerprint density at radius 3 is 2.54 bits per heavy atom. The summed E-state index contributed by atoms with van der Waals surface area (Å²) in [5.41, 5.74) is 3.14. The van der Waals surface area contributed by atoms with Crippen LogP contribution in [0, 0.1) is 6.92 Å². The lowest BCUT2D eigenvalue weighted by atomic mass is 9.86. The Kier molecular flexibility index (Phi) is 9.21. The number of sulfonamides is 1. The number of rotatable bonds is 10. The van der Waals surface area contributed by atoms with Gasteiger partial charge in [-0.25, -0.2) is 8.42 Å². The smallest absolute Gasteiger partial charge is 0.255 e. The molecule has 1 fully saturated rings. The number of amides is 1. The molecule has 0 radical (unpaired) electrons. The molecule has 41 heavy (non-hydrogen) atoms. The van der Waals surface area contributed by atoms with E-state index in [1.54, 1.807) is 36.5 Å². The van der Waals surface area contributed by atoms with E-state index < -0.39 is 15.9 Å². The molecule has 0 unspecified atom stereocenters. The average Bonchev–Trinajstić information content (AvgIpc) is 3.41. The Morgan fingerprint density at radius 2 is 1.88 bits per heavy atom. The molecular formula is C30H38N4O6S. The molecule has 1 aliphatic heterocycles. The summed E-state index contributed by atoms with van der Waals surface area (Å²) < 4.78 is 43.7. The molecule has 0 saturated carbocycles. The second kappa shape index (κ2) is 12.5. The van der Waals surface area contributed by atoms with Gasteiger partial charge in [-0.1, -0.05) is 26.8 Å². The van der Waals surface area contributed by atoms with Gasteiger partial charge in [0.05, 0.1) is 37.0 Å². The normalized spacial score (nSPS) is 15.4. The highest BCUT2D eigenvalue weighted by Gasteiger charge is 2.23. The highest BCUT2D eigenvalue weighted by Crippen LogP contribution is 2.39. The van der Waals surface area contributed by atoms with Crippen molar-refractivity contribution in [2.24, 2.45) is 0 Å². The molecule has 10 nitrogen and oxygen atoms in total. The van der Waals surface area contributed by atoms with Gasteiger partial charge >= 0.3 is 0 Å². The van der Waals surface area contributed by atoms with Crippen LogP contribution in [0.4, 0.5) is 11.4 Å². The van der Waals surface area contributed by atoms with Crippen LogP contribution in [0.15, 0.2) is 48.7 Å². The minimum Gasteiger partial charge on any atom is -0.492 e. The van der Waals surface area contributed by atoms with E-state index in [2.05, 4.69) is 20.3 Å². The maximum Gasteiger partial charge on any atom is 0.255 e. The molecule has 4 rings (SSSR count). The number of hydrogen-bond acceptors (Lipinski definition) is 8. The third-order valence-electron chi connectivity index (χ3n) is 6.67. The lowest BCUT2D eigenvalue weighted by molar-refractivity contribution is 0.102. The van der Waals surface area contributed by atoms with Crippen LogP contribution >= 0.6 is 0 Å². The summed E-state index contributed by atoms with van der Waals surface area (Å²) in [5, 5.41) is 6.34. The summed E-state index contributed by atoms with van der Waals surface area (Å²) in [6, 6.07) is 12.7. The predicted molar refractivity (Wildman–Crippen MR) is 160 cm³/mol. The molecule has 220 valence electrons. The number of benzene rings is 2. The molecule has 1 saturated heterocycles. The molecule has 1 aromatic heterocycles. The number of aromatic nitrogens is 1. The van der Waals surface area contributed by atoms with Crippen LogP contribution < -0.4 is 24.8 Å². The molecule has 0 bridgehead atoms. The summed E-state index contributed by atoms with van der Waals surface area (Å²) in [6.07, 6.45) is 3.74. The third kappa shape index (κ3) is 8.18. The standard InChI is InChI=1S/C30H38N4O6S/c1-19-7-8-20(13-27(19)40-24-9-11-31-23(16-24)17-32-22-10-12-39-18-22)29(35)33-25-14-21(30(2,3)4)15-26(28(25)38-5)34-41(6,36)37/h7-9,11,13-16,22,32,34H,10,12,17-18H2,1-6H3,(H,33,35)/t22-/m0/s1. The fourth-order valence-electron chi connectivity index (χ4n) is 4.38. The zero-order chi connectivity index (χ0) is 29.8. The zero-order valence-electron chi connectivity index (χ0n) is 24.3. The molecule has 1 atom stereocenters. The van der Waals surface area contributed by atoms with Crippen molar-refractivity contribution < 1.29 is 27.4 Å². The van der Waals surface area contributed by atoms with Crippen LogP contribution in [0.25, 0.3) is 0 Å². The number of ether oxygens (including phenoxy) is 3. The number of anilines is 2. The van der Waals surface area contributed by atoms with Crippen LogP contribution in [-0.2, 0) is 26.7 Å². The number of hydrogen-bond donors (Lipinski definition) is 3. The van der Waals surface area contributed by atoms with Gasteiger partial charge in [-0.05, 0) is 60.2 Å². The molecule has 0 spiro atoms. The molecule has 11 heteroatoms. The molecule has 0 aliphatic carbocycles. The largest absolute Gasteiger partial charge is 0.492 e. The van der Waals surface area contributed by atoms with Crippen molar-refractivity contribution in [2.45, 2.75) is 52.1 Å². The van der Waals surface area contributed by atoms with Crippen LogP contribution in [0.5, 0.6) is 17.2 Å². The summed E-state index contributed by atoms with van der Waals surface area (Å²) in [5.74, 6) is 0.948. The fraction of sp³-hybridized carbons (Fsp3) is 0.400. The first-order chi connectivity index (χ1) is 19.3. The quantitative estimate of drug-likeness (QED) is 0.305. The molecule has 2 heterocycles. The van der Waals surface area contributed by atoms with Crippen molar-refractivity contribution in [2.75, 3.05) is 36.6 Å². The number of carbonyl (C=O) groups is 1. The maximum atomic E-state index is 13.4. The summed E-state index contributed by atoms with van der Waals surface area (Å²) in [4.78, 5) is 17.9. The van der Waals surface area contributed by atoms with Crippen molar-refractivity contribution >= 4 is 27.3 Å². The second-order valence-corrected chi connectivity index (χ2v) is 12.9. The van der Waals surface area contributed by atoms with E-state index in [0.717, 1.165) is 36.1 Å². The van der Waals surface area contributed by atoms with Gasteiger partial charge in [0.25, 0.3) is 5.91 Å². The monoisotopic (exact) mass is 582 g/mol. The lowest BCUT2D eigenvalue weighted by Crippen LogP contribution is -2.28. The van der Waals surface area contributed by atoms with Crippen LogP contribution in [0.1, 0.15) is 54.4 Å². The maximum absolute atomic E-state index is 13.4. The predicted octanol–water partition coefficient (Wildman–Crippen LogP) is 4.99. The van der Waals surface area contributed by atoms with E-state index in [4.69, 9.17) is 14.2 Å². The number of aryl methyl sites for hydroxylation is 1. The van der Waals surface area contributed by atoms with Crippen LogP contribution in [0.2, 0.25) is 0 Å². The van der Waals surface area contributed by atoms with Crippen molar-refractivity contribution in [1.29, 1.82) is 0 Å². The first kappa shape index (κ1) is 30.3. The topological polar surface area (TPSA) is 128 Å². The van der Waals surface area contributed by atoms with Crippen molar-refractivity contribution in [3.63, 3.8) is 0 Å². The number of nitrogens with one attached hydrogen (secondary N) is 3. The number of methoxy groups -OCH3 is 1. The Labute approximate surface area is 241 Å². The van der Waals surface area contributed by atoms with Gasteiger partial charge < -0.3 is 24.8 Å². The Balaban J connectivity index is 1.57. The van der Waals surface area contributed by atoms with E-state index in [1.807, 2.05) is 39.8 Å². The second-order valence-electron chi connectivity index (χ2n) is 11.2.